The van der Waals surface area contributed by atoms with E-state index in [-0.39, 0.29) is 11.7 Å². The van der Waals surface area contributed by atoms with E-state index >= 15 is 0 Å². The Kier molecular flexibility index (Phi) is 4.26. The van der Waals surface area contributed by atoms with E-state index in [1.54, 1.807) is 24.3 Å². The van der Waals surface area contributed by atoms with Gasteiger partial charge in [0.25, 0.3) is 0 Å². The molecule has 0 bridgehead atoms. The van der Waals surface area contributed by atoms with E-state index in [9.17, 15) is 4.79 Å². The van der Waals surface area contributed by atoms with Crippen molar-refractivity contribution in [3.05, 3.63) is 47.5 Å². The maximum Gasteiger partial charge on any atom is 0.335 e. The van der Waals surface area contributed by atoms with Crippen LogP contribution in [-0.4, -0.2) is 17.7 Å². The number of benzene rings is 1. The van der Waals surface area contributed by atoms with Crippen LogP contribution < -0.4 is 0 Å². The molecule has 1 rings (SSSR count). The van der Waals surface area contributed by atoms with E-state index in [1.807, 2.05) is 13.8 Å². The van der Waals surface area contributed by atoms with Crippen molar-refractivity contribution in [2.24, 2.45) is 0 Å². The highest BCUT2D eigenvalue weighted by atomic mass is 16.5. The summed E-state index contributed by atoms with van der Waals surface area (Å²) >= 11 is 0. The molecule has 0 heterocycles. The molecule has 3 heteroatoms. The normalized spacial score (nSPS) is 12.1. The van der Waals surface area contributed by atoms with Crippen molar-refractivity contribution in [2.45, 2.75) is 20.0 Å². The van der Waals surface area contributed by atoms with Gasteiger partial charge < -0.3 is 9.84 Å². The molecule has 86 valence electrons. The fourth-order valence-corrected chi connectivity index (χ4v) is 1.26. The zero-order valence-electron chi connectivity index (χ0n) is 9.56. The molecule has 0 aromatic heterocycles. The van der Waals surface area contributed by atoms with Crippen molar-refractivity contribution >= 4 is 5.97 Å². The van der Waals surface area contributed by atoms with Gasteiger partial charge in [0.05, 0.1) is 18.3 Å². The second kappa shape index (κ2) is 5.47. The van der Waals surface area contributed by atoms with E-state index in [1.165, 1.54) is 0 Å². The smallest absolute Gasteiger partial charge is 0.335 e. The van der Waals surface area contributed by atoms with Crippen LogP contribution in [0.25, 0.3) is 0 Å². The number of carboxylic acid groups (broad SMARTS) is 1. The lowest BCUT2D eigenvalue weighted by atomic mass is 10.1. The van der Waals surface area contributed by atoms with Crippen LogP contribution in [0.3, 0.4) is 0 Å². The van der Waals surface area contributed by atoms with Crippen molar-refractivity contribution in [2.75, 3.05) is 6.61 Å². The van der Waals surface area contributed by atoms with Crippen LogP contribution in [0.2, 0.25) is 0 Å². The molecular weight excluding hydrogens is 204 g/mol. The van der Waals surface area contributed by atoms with Gasteiger partial charge in [-0.05, 0) is 31.5 Å². The summed E-state index contributed by atoms with van der Waals surface area (Å²) < 4.78 is 5.54. The molecule has 1 atom stereocenters. The Balaban J connectivity index is 2.66. The van der Waals surface area contributed by atoms with Crippen LogP contribution in [-0.2, 0) is 4.74 Å². The molecule has 3 nitrogen and oxygen atoms in total. The van der Waals surface area contributed by atoms with E-state index in [2.05, 4.69) is 6.58 Å². The summed E-state index contributed by atoms with van der Waals surface area (Å²) in [4.78, 5) is 10.7. The van der Waals surface area contributed by atoms with Gasteiger partial charge in [-0.25, -0.2) is 4.79 Å². The van der Waals surface area contributed by atoms with Crippen LogP contribution in [0.5, 0.6) is 0 Å². The molecule has 0 fully saturated rings. The number of carbonyl (C=O) groups is 1. The molecule has 0 saturated carbocycles. The molecule has 0 aliphatic carbocycles. The van der Waals surface area contributed by atoms with E-state index in [0.717, 1.165) is 11.1 Å². The maximum absolute atomic E-state index is 10.7. The predicted octanol–water partition coefficient (Wildman–Crippen LogP) is 3.04. The molecule has 1 N–H and O–H groups in total. The SMILES string of the molecule is C=C(C)COC(C)c1ccc(C(=O)O)cc1. The van der Waals surface area contributed by atoms with Gasteiger partial charge in [-0.1, -0.05) is 24.3 Å². The Labute approximate surface area is 95.4 Å². The summed E-state index contributed by atoms with van der Waals surface area (Å²) in [6, 6.07) is 6.70. The molecule has 1 unspecified atom stereocenters. The highest BCUT2D eigenvalue weighted by molar-refractivity contribution is 5.87. The Hall–Kier alpha value is -1.61. The third-order valence-electron chi connectivity index (χ3n) is 2.21. The first kappa shape index (κ1) is 12.5. The summed E-state index contributed by atoms with van der Waals surface area (Å²) in [6.45, 7) is 8.10. The summed E-state index contributed by atoms with van der Waals surface area (Å²) in [6.07, 6.45) is -0.0560. The molecule has 16 heavy (non-hydrogen) atoms. The molecule has 0 aliphatic rings. The largest absolute Gasteiger partial charge is 0.478 e. The van der Waals surface area contributed by atoms with Gasteiger partial charge in [0.2, 0.25) is 0 Å². The number of hydrogen-bond acceptors (Lipinski definition) is 2. The molecule has 1 aromatic carbocycles. The van der Waals surface area contributed by atoms with Gasteiger partial charge in [0, 0.05) is 0 Å². The van der Waals surface area contributed by atoms with Gasteiger partial charge in [0.1, 0.15) is 0 Å². The lowest BCUT2D eigenvalue weighted by Crippen LogP contribution is -2.03. The first-order chi connectivity index (χ1) is 7.50. The van der Waals surface area contributed by atoms with Crippen molar-refractivity contribution < 1.29 is 14.6 Å². The van der Waals surface area contributed by atoms with Crippen LogP contribution >= 0.6 is 0 Å². The third-order valence-corrected chi connectivity index (χ3v) is 2.21. The minimum atomic E-state index is -0.915. The highest BCUT2D eigenvalue weighted by Gasteiger charge is 2.07. The molecule has 0 saturated heterocycles. The number of carboxylic acids is 1. The van der Waals surface area contributed by atoms with Crippen molar-refractivity contribution in [1.82, 2.24) is 0 Å². The zero-order chi connectivity index (χ0) is 12.1. The van der Waals surface area contributed by atoms with Gasteiger partial charge >= 0.3 is 5.97 Å². The van der Waals surface area contributed by atoms with E-state index in [0.29, 0.717) is 6.61 Å². The summed E-state index contributed by atoms with van der Waals surface area (Å²) in [7, 11) is 0. The van der Waals surface area contributed by atoms with Gasteiger partial charge in [-0.3, -0.25) is 0 Å². The summed E-state index contributed by atoms with van der Waals surface area (Å²) in [5, 5.41) is 8.75. The number of hydrogen-bond donors (Lipinski definition) is 1. The maximum atomic E-state index is 10.7. The van der Waals surface area contributed by atoms with Crippen molar-refractivity contribution in [3.63, 3.8) is 0 Å². The van der Waals surface area contributed by atoms with Crippen LogP contribution in [0.15, 0.2) is 36.4 Å². The lowest BCUT2D eigenvalue weighted by molar-refractivity contribution is 0.0695. The van der Waals surface area contributed by atoms with Crippen molar-refractivity contribution in [1.29, 1.82) is 0 Å². The molecule has 0 radical (unpaired) electrons. The Bertz CT molecular complexity index is 379. The summed E-state index contributed by atoms with van der Waals surface area (Å²) in [5.41, 5.74) is 2.22. The first-order valence-electron chi connectivity index (χ1n) is 5.10. The Morgan fingerprint density at radius 2 is 2.00 bits per heavy atom. The molecule has 0 spiro atoms. The average Bonchev–Trinajstić information content (AvgIpc) is 2.26. The number of ether oxygens (including phenoxy) is 1. The minimum absolute atomic E-state index is 0.0560. The molecular formula is C13H16O3. The van der Waals surface area contributed by atoms with Crippen LogP contribution in [0, 0.1) is 0 Å². The van der Waals surface area contributed by atoms with Crippen LogP contribution in [0.4, 0.5) is 0 Å². The summed E-state index contributed by atoms with van der Waals surface area (Å²) in [5.74, 6) is -0.915. The fourth-order valence-electron chi connectivity index (χ4n) is 1.26. The second-order valence-corrected chi connectivity index (χ2v) is 3.84. The second-order valence-electron chi connectivity index (χ2n) is 3.84. The van der Waals surface area contributed by atoms with Gasteiger partial charge in [-0.2, -0.15) is 0 Å². The zero-order valence-corrected chi connectivity index (χ0v) is 9.56. The van der Waals surface area contributed by atoms with Crippen LogP contribution in [0.1, 0.15) is 35.9 Å². The topological polar surface area (TPSA) is 46.5 Å². The minimum Gasteiger partial charge on any atom is -0.478 e. The highest BCUT2D eigenvalue weighted by Crippen LogP contribution is 2.17. The monoisotopic (exact) mass is 220 g/mol. The molecule has 0 amide bonds. The molecule has 1 aromatic rings. The first-order valence-corrected chi connectivity index (χ1v) is 5.10. The Morgan fingerprint density at radius 3 is 2.44 bits per heavy atom. The fraction of sp³-hybridized carbons (Fsp3) is 0.308. The van der Waals surface area contributed by atoms with E-state index < -0.39 is 5.97 Å². The average molecular weight is 220 g/mol. The quantitative estimate of drug-likeness (QED) is 0.776. The van der Waals surface area contributed by atoms with Gasteiger partial charge in [-0.15, -0.1) is 0 Å². The van der Waals surface area contributed by atoms with E-state index in [4.69, 9.17) is 9.84 Å². The number of aromatic carboxylic acids is 1. The predicted molar refractivity (Wildman–Crippen MR) is 62.6 cm³/mol. The molecule has 0 aliphatic heterocycles. The standard InChI is InChI=1S/C13H16O3/c1-9(2)8-16-10(3)11-4-6-12(7-5-11)13(14)15/h4-7,10H,1,8H2,2-3H3,(H,14,15). The number of rotatable bonds is 5. The van der Waals surface area contributed by atoms with Gasteiger partial charge in [0.15, 0.2) is 0 Å². The third kappa shape index (κ3) is 3.51. The Morgan fingerprint density at radius 1 is 1.44 bits per heavy atom. The lowest BCUT2D eigenvalue weighted by Gasteiger charge is -2.13. The van der Waals surface area contributed by atoms with Crippen molar-refractivity contribution in [3.8, 4) is 0 Å².